The van der Waals surface area contributed by atoms with Gasteiger partial charge in [0.05, 0.1) is 25.4 Å². The zero-order valence-corrected chi connectivity index (χ0v) is 12.5. The fraction of sp³-hybridized carbons (Fsp3) is 0.625. The van der Waals surface area contributed by atoms with Gasteiger partial charge in [-0.2, -0.15) is 0 Å². The van der Waals surface area contributed by atoms with E-state index in [0.29, 0.717) is 12.0 Å². The van der Waals surface area contributed by atoms with Gasteiger partial charge in [-0.05, 0) is 36.5 Å². The van der Waals surface area contributed by atoms with Crippen LogP contribution in [-0.4, -0.2) is 33.4 Å². The van der Waals surface area contributed by atoms with E-state index in [2.05, 4.69) is 36.9 Å². The Labute approximate surface area is 116 Å². The second-order valence-electron chi connectivity index (χ2n) is 5.53. The zero-order valence-electron chi connectivity index (χ0n) is 12.5. The molecule has 1 aromatic carbocycles. The molecule has 2 rings (SSSR count). The number of anilines is 1. The Balaban J connectivity index is 2.32. The van der Waals surface area contributed by atoms with Crippen LogP contribution < -0.4 is 9.64 Å². The van der Waals surface area contributed by atoms with Gasteiger partial charge in [0.2, 0.25) is 0 Å². The van der Waals surface area contributed by atoms with E-state index in [-0.39, 0.29) is 0 Å². The van der Waals surface area contributed by atoms with E-state index >= 15 is 0 Å². The van der Waals surface area contributed by atoms with Crippen molar-refractivity contribution in [2.24, 2.45) is 0 Å². The summed E-state index contributed by atoms with van der Waals surface area (Å²) in [4.78, 5) is 2.44. The molecule has 1 aliphatic heterocycles. The van der Waals surface area contributed by atoms with E-state index in [1.165, 1.54) is 24.1 Å². The first-order valence-corrected chi connectivity index (χ1v) is 7.11. The predicted octanol–water partition coefficient (Wildman–Crippen LogP) is 3.43. The van der Waals surface area contributed by atoms with Crippen molar-refractivity contribution in [1.82, 2.24) is 0 Å². The monoisotopic (exact) mass is 263 g/mol. The van der Waals surface area contributed by atoms with Crippen LogP contribution in [0.5, 0.6) is 5.75 Å². The molecule has 3 heteroatoms. The lowest BCUT2D eigenvalue weighted by atomic mass is 10.0. The molecule has 0 aliphatic carbocycles. The van der Waals surface area contributed by atoms with Gasteiger partial charge in [0.15, 0.2) is 0 Å². The first-order chi connectivity index (χ1) is 9.17. The number of nitrogens with zero attached hydrogens (tertiary/aromatic N) is 1. The third-order valence-corrected chi connectivity index (χ3v) is 3.92. The molecule has 0 aromatic heterocycles. The van der Waals surface area contributed by atoms with Gasteiger partial charge in [0.1, 0.15) is 5.75 Å². The molecule has 0 radical (unpaired) electrons. The maximum atomic E-state index is 5.54. The number of benzene rings is 1. The summed E-state index contributed by atoms with van der Waals surface area (Å²) in [5, 5.41) is 0. The molecule has 1 fully saturated rings. The molecule has 0 amide bonds. The van der Waals surface area contributed by atoms with E-state index in [1.807, 2.05) is 0 Å². The summed E-state index contributed by atoms with van der Waals surface area (Å²) in [6, 6.07) is 7.00. The Morgan fingerprint density at radius 2 is 2.11 bits per heavy atom. The number of hydrogen-bond donors (Lipinski definition) is 0. The average Bonchev–Trinajstić information content (AvgIpc) is 2.86. The highest BCUT2D eigenvalue weighted by atomic mass is 16.5. The maximum Gasteiger partial charge on any atom is 0.142 e. The van der Waals surface area contributed by atoms with E-state index in [4.69, 9.17) is 9.47 Å². The Hall–Kier alpha value is -1.22. The van der Waals surface area contributed by atoms with Crippen LogP contribution in [0, 0.1) is 0 Å². The number of rotatable bonds is 5. The lowest BCUT2D eigenvalue weighted by molar-refractivity contribution is 0.180. The normalized spacial score (nSPS) is 19.2. The molecule has 0 saturated carbocycles. The summed E-state index contributed by atoms with van der Waals surface area (Å²) >= 11 is 0. The van der Waals surface area contributed by atoms with Gasteiger partial charge in [0.25, 0.3) is 0 Å². The second kappa shape index (κ2) is 6.29. The van der Waals surface area contributed by atoms with Crippen molar-refractivity contribution in [2.75, 3.05) is 32.3 Å². The van der Waals surface area contributed by atoms with Crippen molar-refractivity contribution in [3.05, 3.63) is 23.8 Å². The summed E-state index contributed by atoms with van der Waals surface area (Å²) in [6.07, 6.45) is 2.42. The molecular formula is C16H25NO2. The minimum Gasteiger partial charge on any atom is -0.495 e. The van der Waals surface area contributed by atoms with Crippen molar-refractivity contribution < 1.29 is 9.47 Å². The van der Waals surface area contributed by atoms with E-state index in [9.17, 15) is 0 Å². The minimum absolute atomic E-state index is 0.473. The van der Waals surface area contributed by atoms with Crippen molar-refractivity contribution in [2.45, 2.75) is 38.6 Å². The van der Waals surface area contributed by atoms with E-state index < -0.39 is 0 Å². The second-order valence-corrected chi connectivity index (χ2v) is 5.53. The molecule has 1 atom stereocenters. The Kier molecular flexibility index (Phi) is 4.70. The molecule has 1 saturated heterocycles. The molecular weight excluding hydrogens is 238 g/mol. The van der Waals surface area contributed by atoms with Gasteiger partial charge in [0, 0.05) is 13.7 Å². The van der Waals surface area contributed by atoms with E-state index in [0.717, 1.165) is 18.9 Å². The van der Waals surface area contributed by atoms with Crippen LogP contribution in [0.4, 0.5) is 5.69 Å². The highest BCUT2D eigenvalue weighted by Crippen LogP contribution is 2.36. The fourth-order valence-corrected chi connectivity index (χ4v) is 2.81. The predicted molar refractivity (Wildman–Crippen MR) is 79.3 cm³/mol. The van der Waals surface area contributed by atoms with Crippen LogP contribution >= 0.6 is 0 Å². The van der Waals surface area contributed by atoms with E-state index in [1.54, 1.807) is 14.2 Å². The van der Waals surface area contributed by atoms with Crippen LogP contribution in [0.3, 0.4) is 0 Å². The summed E-state index contributed by atoms with van der Waals surface area (Å²) in [6.45, 7) is 6.32. The highest BCUT2D eigenvalue weighted by Gasteiger charge is 2.27. The fourth-order valence-electron chi connectivity index (χ4n) is 2.81. The molecule has 0 unspecified atom stereocenters. The third kappa shape index (κ3) is 3.03. The van der Waals surface area contributed by atoms with Gasteiger partial charge in [-0.15, -0.1) is 0 Å². The third-order valence-electron chi connectivity index (χ3n) is 3.92. The van der Waals surface area contributed by atoms with Crippen LogP contribution in [0.1, 0.15) is 38.2 Å². The van der Waals surface area contributed by atoms with Gasteiger partial charge >= 0.3 is 0 Å². The van der Waals surface area contributed by atoms with Gasteiger partial charge in [-0.3, -0.25) is 0 Å². The maximum absolute atomic E-state index is 5.54. The van der Waals surface area contributed by atoms with Crippen LogP contribution in [0.2, 0.25) is 0 Å². The molecule has 1 aromatic rings. The smallest absolute Gasteiger partial charge is 0.142 e. The number of ether oxygens (including phenoxy) is 2. The zero-order chi connectivity index (χ0) is 13.8. The Morgan fingerprint density at radius 3 is 2.74 bits per heavy atom. The minimum atomic E-state index is 0.473. The molecule has 1 heterocycles. The topological polar surface area (TPSA) is 21.7 Å². The summed E-state index contributed by atoms with van der Waals surface area (Å²) in [5.41, 5.74) is 2.58. The van der Waals surface area contributed by atoms with Gasteiger partial charge in [-0.25, -0.2) is 0 Å². The summed E-state index contributed by atoms with van der Waals surface area (Å²) in [5.74, 6) is 1.50. The lowest BCUT2D eigenvalue weighted by Gasteiger charge is -2.28. The van der Waals surface area contributed by atoms with Crippen molar-refractivity contribution in [3.63, 3.8) is 0 Å². The SMILES string of the molecule is COC[C@@H]1CCCN1c1cc(C(C)C)ccc1OC. The molecule has 106 valence electrons. The van der Waals surface area contributed by atoms with Crippen LogP contribution in [-0.2, 0) is 4.74 Å². The van der Waals surface area contributed by atoms with Crippen LogP contribution in [0.15, 0.2) is 18.2 Å². The molecule has 0 bridgehead atoms. The summed E-state index contributed by atoms with van der Waals surface area (Å²) < 4.78 is 10.9. The number of methoxy groups -OCH3 is 2. The Morgan fingerprint density at radius 1 is 1.32 bits per heavy atom. The molecule has 3 nitrogen and oxygen atoms in total. The van der Waals surface area contributed by atoms with Crippen LogP contribution in [0.25, 0.3) is 0 Å². The molecule has 19 heavy (non-hydrogen) atoms. The first-order valence-electron chi connectivity index (χ1n) is 7.11. The Bertz CT molecular complexity index is 417. The van der Waals surface area contributed by atoms with Crippen molar-refractivity contribution in [3.8, 4) is 5.75 Å². The first kappa shape index (κ1) is 14.2. The number of hydrogen-bond acceptors (Lipinski definition) is 3. The quantitative estimate of drug-likeness (QED) is 0.812. The standard InChI is InChI=1S/C16H25NO2/c1-12(2)13-7-8-16(19-4)15(10-13)17-9-5-6-14(17)11-18-3/h7-8,10,12,14H,5-6,9,11H2,1-4H3/t14-/m0/s1. The van der Waals surface area contributed by atoms with Gasteiger partial charge in [-0.1, -0.05) is 19.9 Å². The van der Waals surface area contributed by atoms with Gasteiger partial charge < -0.3 is 14.4 Å². The summed E-state index contributed by atoms with van der Waals surface area (Å²) in [7, 11) is 3.52. The molecule has 1 aliphatic rings. The largest absolute Gasteiger partial charge is 0.495 e. The molecule has 0 N–H and O–H groups in total. The van der Waals surface area contributed by atoms with Crippen molar-refractivity contribution in [1.29, 1.82) is 0 Å². The molecule has 0 spiro atoms. The highest BCUT2D eigenvalue weighted by molar-refractivity contribution is 5.61. The lowest BCUT2D eigenvalue weighted by Crippen LogP contribution is -2.33. The average molecular weight is 263 g/mol. The van der Waals surface area contributed by atoms with Crippen molar-refractivity contribution >= 4 is 5.69 Å².